The number of halogens is 1. The van der Waals surface area contributed by atoms with Crippen LogP contribution in [0.1, 0.15) is 29.7 Å². The van der Waals surface area contributed by atoms with Crippen LogP contribution in [-0.4, -0.2) is 56.6 Å². The molecule has 8 atom stereocenters. The Morgan fingerprint density at radius 3 is 2.42 bits per heavy atom. The maximum absolute atomic E-state index is 13.5. The lowest BCUT2D eigenvalue weighted by molar-refractivity contribution is -0.154. The molecule has 3 fully saturated rings. The van der Waals surface area contributed by atoms with E-state index in [2.05, 4.69) is 10.3 Å². The van der Waals surface area contributed by atoms with Gasteiger partial charge in [0.15, 0.2) is 6.61 Å². The lowest BCUT2D eigenvalue weighted by Crippen LogP contribution is -2.44. The third-order valence-corrected chi connectivity index (χ3v) is 12.1. The number of hydrogen-bond donors (Lipinski definition) is 3. The summed E-state index contributed by atoms with van der Waals surface area (Å²) in [5.74, 6) is -3.29. The molecule has 13 heteroatoms. The molecule has 3 N–H and O–H groups in total. The minimum atomic E-state index is -1.21. The Morgan fingerprint density at radius 1 is 1.07 bits per heavy atom. The van der Waals surface area contributed by atoms with Gasteiger partial charge in [-0.2, -0.15) is 0 Å². The maximum Gasteiger partial charge on any atom is 0.326 e. The van der Waals surface area contributed by atoms with Crippen molar-refractivity contribution in [3.8, 4) is 5.75 Å². The number of aromatic nitrogens is 1. The number of carboxylic acid groups (broad SMARTS) is 1. The van der Waals surface area contributed by atoms with E-state index in [1.165, 1.54) is 6.92 Å². The molecule has 3 aromatic rings. The van der Waals surface area contributed by atoms with E-state index in [9.17, 15) is 29.1 Å². The lowest BCUT2D eigenvalue weighted by atomic mass is 9.68. The highest BCUT2D eigenvalue weighted by Crippen LogP contribution is 2.68. The smallest absolute Gasteiger partial charge is 0.326 e. The third-order valence-electron chi connectivity index (χ3n) is 9.24. The van der Waals surface area contributed by atoms with Gasteiger partial charge in [0.2, 0.25) is 11.8 Å². The Kier molecular flexibility index (Phi) is 6.90. The van der Waals surface area contributed by atoms with Gasteiger partial charge >= 0.3 is 10.8 Å². The first-order chi connectivity index (χ1) is 20.6. The minimum absolute atomic E-state index is 0.00155. The first kappa shape index (κ1) is 28.2. The number of likely N-dealkylation sites (tertiary alicyclic amines) is 1. The van der Waals surface area contributed by atoms with Crippen molar-refractivity contribution in [1.29, 1.82) is 0 Å². The number of thioether (sulfide) groups is 1. The van der Waals surface area contributed by atoms with Crippen molar-refractivity contribution < 1.29 is 29.0 Å². The number of amides is 3. The molecule has 43 heavy (non-hydrogen) atoms. The predicted molar refractivity (Wildman–Crippen MR) is 159 cm³/mol. The SMILES string of the molecule is CC(C(=O)O)N1C(=O)C2C3CC(C2C1=O)C1C3Sc2[nH]c(=O)sc2[C@@H]1c1ccc(OCC(=O)Nc2ccc(Cl)cc2)cc1. The van der Waals surface area contributed by atoms with E-state index in [4.69, 9.17) is 16.3 Å². The van der Waals surface area contributed by atoms with Gasteiger partial charge in [-0.05, 0) is 73.1 Å². The van der Waals surface area contributed by atoms with Crippen LogP contribution >= 0.6 is 34.7 Å². The minimum Gasteiger partial charge on any atom is -0.484 e. The van der Waals surface area contributed by atoms with Gasteiger partial charge in [-0.1, -0.05) is 35.1 Å². The highest BCUT2D eigenvalue weighted by Gasteiger charge is 2.70. The van der Waals surface area contributed by atoms with Crippen LogP contribution in [0.2, 0.25) is 5.02 Å². The topological polar surface area (TPSA) is 146 Å². The van der Waals surface area contributed by atoms with Crippen LogP contribution in [0.25, 0.3) is 0 Å². The van der Waals surface area contributed by atoms with Gasteiger partial charge in [-0.15, -0.1) is 11.8 Å². The normalized spacial score (nSPS) is 29.2. The van der Waals surface area contributed by atoms with Crippen molar-refractivity contribution in [3.05, 3.63) is 73.7 Å². The molecule has 7 unspecified atom stereocenters. The van der Waals surface area contributed by atoms with Crippen LogP contribution in [0.15, 0.2) is 58.4 Å². The monoisotopic (exact) mass is 639 g/mol. The molecule has 7 rings (SSSR count). The number of H-pyrrole nitrogens is 1. The first-order valence-electron chi connectivity index (χ1n) is 13.9. The number of carbonyl (C=O) groups excluding carboxylic acids is 3. The van der Waals surface area contributed by atoms with Crippen LogP contribution < -0.4 is 14.9 Å². The van der Waals surface area contributed by atoms with E-state index in [1.54, 1.807) is 48.2 Å². The summed E-state index contributed by atoms with van der Waals surface area (Å²) in [5.41, 5.74) is 1.55. The standard InChI is InChI=1S/C30H26ClN3O7S2/c1-12(29(38)39)34-27(36)22-17-10-18(23(22)28(34)37)24-21(17)20(25-26(42-24)33-30(40)43-25)13-2-8-16(9-3-13)41-11-19(35)32-15-6-4-14(31)5-7-15/h2-9,12,17-18,20-24H,10-11H2,1H3,(H,32,35)(H,33,40)(H,38,39)/t12?,17?,18?,20-,21?,22?,23?,24?/m1/s1. The molecule has 0 spiro atoms. The second-order valence-corrected chi connectivity index (χ2v) is 14.1. The molecule has 1 aromatic heterocycles. The number of nitrogens with zero attached hydrogens (tertiary/aromatic N) is 1. The first-order valence-corrected chi connectivity index (χ1v) is 16.0. The molecular formula is C30H26ClN3O7S2. The van der Waals surface area contributed by atoms with Crippen LogP contribution in [-0.2, 0) is 19.2 Å². The summed E-state index contributed by atoms with van der Waals surface area (Å²) in [4.78, 5) is 68.2. The molecular weight excluding hydrogens is 614 g/mol. The van der Waals surface area contributed by atoms with E-state index in [0.29, 0.717) is 22.9 Å². The van der Waals surface area contributed by atoms with Gasteiger partial charge in [0.25, 0.3) is 5.91 Å². The van der Waals surface area contributed by atoms with Gasteiger partial charge < -0.3 is 20.1 Å². The Hall–Kier alpha value is -3.61. The highest BCUT2D eigenvalue weighted by molar-refractivity contribution is 8.00. The van der Waals surface area contributed by atoms with Crippen LogP contribution in [0.3, 0.4) is 0 Å². The van der Waals surface area contributed by atoms with Crippen LogP contribution in [0, 0.1) is 29.6 Å². The van der Waals surface area contributed by atoms with Gasteiger partial charge in [0.1, 0.15) is 11.8 Å². The fourth-order valence-corrected chi connectivity index (χ4v) is 10.6. The van der Waals surface area contributed by atoms with Crippen LogP contribution in [0.4, 0.5) is 5.69 Å². The summed E-state index contributed by atoms with van der Waals surface area (Å²) in [6.45, 7) is 1.18. The molecule has 1 saturated heterocycles. The second kappa shape index (κ2) is 10.5. The molecule has 3 heterocycles. The number of aromatic amines is 1. The van der Waals surface area contributed by atoms with Crippen molar-refractivity contribution >= 4 is 64.1 Å². The number of aliphatic carboxylic acids is 1. The lowest BCUT2D eigenvalue weighted by Gasteiger charge is -2.43. The van der Waals surface area contributed by atoms with Gasteiger partial charge in [0.05, 0.1) is 16.9 Å². The van der Waals surface area contributed by atoms with Crippen LogP contribution in [0.5, 0.6) is 5.75 Å². The molecule has 3 amide bonds. The second-order valence-electron chi connectivity index (χ2n) is 11.4. The Labute approximate surface area is 258 Å². The number of rotatable bonds is 7. The average Bonchev–Trinajstić information content (AvgIpc) is 3.72. The van der Waals surface area contributed by atoms with E-state index in [0.717, 1.165) is 31.7 Å². The van der Waals surface area contributed by atoms with E-state index >= 15 is 0 Å². The molecule has 222 valence electrons. The maximum atomic E-state index is 13.5. The van der Waals surface area contributed by atoms with Crippen molar-refractivity contribution in [2.45, 2.75) is 35.6 Å². The van der Waals surface area contributed by atoms with Crippen molar-refractivity contribution in [2.75, 3.05) is 11.9 Å². The fourth-order valence-electron chi connectivity index (χ4n) is 7.56. The van der Waals surface area contributed by atoms with E-state index in [-0.39, 0.29) is 52.2 Å². The average molecular weight is 640 g/mol. The number of thiazole rings is 1. The number of carbonyl (C=O) groups is 4. The third kappa shape index (κ3) is 4.58. The molecule has 2 aliphatic carbocycles. The van der Waals surface area contributed by atoms with Gasteiger partial charge in [0, 0.05) is 26.8 Å². The zero-order valence-electron chi connectivity index (χ0n) is 22.7. The number of benzene rings is 2. The number of hydrogen-bond acceptors (Lipinski definition) is 8. The summed E-state index contributed by atoms with van der Waals surface area (Å²) >= 11 is 8.63. The van der Waals surface area contributed by atoms with E-state index < -0.39 is 29.8 Å². The molecule has 0 radical (unpaired) electrons. The zero-order valence-corrected chi connectivity index (χ0v) is 25.1. The number of imide groups is 1. The van der Waals surface area contributed by atoms with E-state index in [1.807, 2.05) is 12.1 Å². The van der Waals surface area contributed by atoms with Crippen molar-refractivity contribution in [1.82, 2.24) is 9.88 Å². The summed E-state index contributed by atoms with van der Waals surface area (Å²) in [5, 5.41) is 13.7. The van der Waals surface area contributed by atoms with Gasteiger partial charge in [-0.3, -0.25) is 24.1 Å². The van der Waals surface area contributed by atoms with Crippen molar-refractivity contribution in [2.24, 2.45) is 29.6 Å². The molecule has 4 aliphatic rings. The number of carboxylic acids is 1. The summed E-state index contributed by atoms with van der Waals surface area (Å²) in [6, 6.07) is 13.0. The van der Waals surface area contributed by atoms with Crippen molar-refractivity contribution in [3.63, 3.8) is 0 Å². The Balaban J connectivity index is 1.13. The number of fused-ring (bicyclic) bond motifs is 9. The van der Waals surface area contributed by atoms with Gasteiger partial charge in [-0.25, -0.2) is 4.79 Å². The predicted octanol–water partition coefficient (Wildman–Crippen LogP) is 4.05. The quantitative estimate of drug-likeness (QED) is 0.328. The highest BCUT2D eigenvalue weighted by atomic mass is 35.5. The summed E-state index contributed by atoms with van der Waals surface area (Å²) < 4.78 is 5.72. The molecule has 2 bridgehead atoms. The Bertz CT molecular complexity index is 1710. The molecule has 10 nitrogen and oxygen atoms in total. The number of anilines is 1. The largest absolute Gasteiger partial charge is 0.484 e. The molecule has 2 aliphatic heterocycles. The Morgan fingerprint density at radius 2 is 1.74 bits per heavy atom. The summed E-state index contributed by atoms with van der Waals surface area (Å²) in [7, 11) is 0. The molecule has 2 saturated carbocycles. The zero-order chi connectivity index (χ0) is 30.2. The summed E-state index contributed by atoms with van der Waals surface area (Å²) in [6.07, 6.45) is 0.712. The number of ether oxygens (including phenoxy) is 1. The number of nitrogens with one attached hydrogen (secondary N) is 2. The fraction of sp³-hybridized carbons (Fsp3) is 0.367. The molecule has 2 aromatic carbocycles.